The molecule has 4 nitrogen and oxygen atoms in total. The molecule has 20 heavy (non-hydrogen) atoms. The molecule has 1 rings (SSSR count). The van der Waals surface area contributed by atoms with Crippen LogP contribution in [0.4, 0.5) is 0 Å². The quantitative estimate of drug-likeness (QED) is 0.675. The lowest BCUT2D eigenvalue weighted by Crippen LogP contribution is -2.17. The van der Waals surface area contributed by atoms with E-state index >= 15 is 0 Å². The molecule has 0 amide bonds. The second-order valence-corrected chi connectivity index (χ2v) is 5.96. The minimum Gasteiger partial charge on any atom is -0.478 e. The fourth-order valence-corrected chi connectivity index (χ4v) is 2.18. The van der Waals surface area contributed by atoms with Crippen LogP contribution in [0.3, 0.4) is 0 Å². The van der Waals surface area contributed by atoms with Crippen LogP contribution in [-0.4, -0.2) is 30.8 Å². The number of ether oxygens (including phenoxy) is 1. The number of benzene rings is 1. The Hall–Kier alpha value is -0.910. The highest BCUT2D eigenvalue weighted by Gasteiger charge is 2.06. The zero-order valence-electron chi connectivity index (χ0n) is 12.0. The molecule has 0 atom stereocenters. The van der Waals surface area contributed by atoms with Gasteiger partial charge in [0.05, 0.1) is 5.56 Å². The summed E-state index contributed by atoms with van der Waals surface area (Å²) in [6.07, 6.45) is 0.970. The normalized spacial score (nSPS) is 11.0. The van der Waals surface area contributed by atoms with Crippen molar-refractivity contribution in [2.45, 2.75) is 26.8 Å². The van der Waals surface area contributed by atoms with E-state index < -0.39 is 5.97 Å². The second kappa shape index (κ2) is 9.10. The third-order valence-corrected chi connectivity index (χ3v) is 3.45. The Balaban J connectivity index is 2.24. The predicted molar refractivity (Wildman–Crippen MR) is 83.1 cm³/mol. The Labute approximate surface area is 128 Å². The van der Waals surface area contributed by atoms with Crippen LogP contribution in [0.1, 0.15) is 36.2 Å². The summed E-state index contributed by atoms with van der Waals surface area (Å²) in [5.41, 5.74) is 1.35. The van der Waals surface area contributed by atoms with E-state index in [2.05, 4.69) is 35.1 Å². The molecule has 0 unspecified atom stereocenters. The molecule has 0 saturated heterocycles. The van der Waals surface area contributed by atoms with Crippen molar-refractivity contribution in [1.82, 2.24) is 5.32 Å². The monoisotopic (exact) mass is 343 g/mol. The average Bonchev–Trinajstić information content (AvgIpc) is 2.38. The first-order valence-electron chi connectivity index (χ1n) is 6.81. The number of carboxylic acids is 1. The Morgan fingerprint density at radius 1 is 1.45 bits per heavy atom. The summed E-state index contributed by atoms with van der Waals surface area (Å²) in [6.45, 7) is 7.44. The Morgan fingerprint density at radius 2 is 2.20 bits per heavy atom. The minimum atomic E-state index is -0.910. The molecular weight excluding hydrogens is 322 g/mol. The van der Waals surface area contributed by atoms with Crippen LogP contribution in [0.5, 0.6) is 0 Å². The summed E-state index contributed by atoms with van der Waals surface area (Å²) in [5, 5.41) is 12.2. The van der Waals surface area contributed by atoms with Gasteiger partial charge >= 0.3 is 5.97 Å². The molecule has 0 aliphatic rings. The molecule has 5 heteroatoms. The lowest BCUT2D eigenvalue weighted by molar-refractivity contribution is 0.0697. The molecule has 0 fully saturated rings. The van der Waals surface area contributed by atoms with E-state index in [0.717, 1.165) is 36.2 Å². The van der Waals surface area contributed by atoms with Crippen LogP contribution >= 0.6 is 15.9 Å². The SMILES string of the molecule is CC(C)COCCCNCc1ccc(C(=O)O)cc1Br. The van der Waals surface area contributed by atoms with Gasteiger partial charge in [0.1, 0.15) is 0 Å². The highest BCUT2D eigenvalue weighted by atomic mass is 79.9. The summed E-state index contributed by atoms with van der Waals surface area (Å²) in [5.74, 6) is -0.334. The van der Waals surface area contributed by atoms with Gasteiger partial charge in [-0.05, 0) is 36.6 Å². The summed E-state index contributed by atoms with van der Waals surface area (Å²) >= 11 is 3.40. The van der Waals surface area contributed by atoms with Crippen LogP contribution in [0.2, 0.25) is 0 Å². The Morgan fingerprint density at radius 3 is 2.80 bits per heavy atom. The van der Waals surface area contributed by atoms with Crippen molar-refractivity contribution >= 4 is 21.9 Å². The van der Waals surface area contributed by atoms with Crippen LogP contribution in [0.15, 0.2) is 22.7 Å². The van der Waals surface area contributed by atoms with Gasteiger partial charge < -0.3 is 15.2 Å². The topological polar surface area (TPSA) is 58.6 Å². The summed E-state index contributed by atoms with van der Waals surface area (Å²) < 4.78 is 6.32. The van der Waals surface area contributed by atoms with E-state index in [1.54, 1.807) is 12.1 Å². The maximum Gasteiger partial charge on any atom is 0.335 e. The first-order valence-corrected chi connectivity index (χ1v) is 7.60. The number of hydrogen-bond acceptors (Lipinski definition) is 3. The van der Waals surface area contributed by atoms with Crippen LogP contribution < -0.4 is 5.32 Å². The van der Waals surface area contributed by atoms with Gasteiger partial charge in [-0.15, -0.1) is 0 Å². The van der Waals surface area contributed by atoms with Gasteiger partial charge in [0, 0.05) is 24.2 Å². The first kappa shape index (κ1) is 17.1. The molecule has 0 saturated carbocycles. The summed E-state index contributed by atoms with van der Waals surface area (Å²) in [6, 6.07) is 5.08. The van der Waals surface area contributed by atoms with Crippen molar-refractivity contribution in [2.24, 2.45) is 5.92 Å². The molecule has 0 radical (unpaired) electrons. The molecule has 0 aromatic heterocycles. The standard InChI is InChI=1S/C15H22BrNO3/c1-11(2)10-20-7-3-6-17-9-13-5-4-12(15(18)19)8-14(13)16/h4-5,8,11,17H,3,6-7,9-10H2,1-2H3,(H,18,19). The smallest absolute Gasteiger partial charge is 0.335 e. The number of aromatic carboxylic acids is 1. The van der Waals surface area contributed by atoms with Crippen molar-refractivity contribution in [2.75, 3.05) is 19.8 Å². The van der Waals surface area contributed by atoms with E-state index in [4.69, 9.17) is 9.84 Å². The highest BCUT2D eigenvalue weighted by Crippen LogP contribution is 2.18. The van der Waals surface area contributed by atoms with Crippen molar-refractivity contribution in [1.29, 1.82) is 0 Å². The molecule has 0 spiro atoms. The molecule has 1 aromatic rings. The van der Waals surface area contributed by atoms with E-state index in [1.807, 2.05) is 6.07 Å². The lowest BCUT2D eigenvalue weighted by Gasteiger charge is -2.09. The van der Waals surface area contributed by atoms with Gasteiger partial charge in [0.25, 0.3) is 0 Å². The van der Waals surface area contributed by atoms with Gasteiger partial charge in [-0.25, -0.2) is 4.79 Å². The number of halogens is 1. The summed E-state index contributed by atoms with van der Waals surface area (Å²) in [4.78, 5) is 10.8. The van der Waals surface area contributed by atoms with Gasteiger partial charge in [-0.1, -0.05) is 35.8 Å². The molecule has 0 aliphatic carbocycles. The van der Waals surface area contributed by atoms with Crippen molar-refractivity contribution in [3.8, 4) is 0 Å². The maximum atomic E-state index is 10.8. The molecule has 0 bridgehead atoms. The Kier molecular flexibility index (Phi) is 7.80. The maximum absolute atomic E-state index is 10.8. The Bertz CT molecular complexity index is 435. The van der Waals surface area contributed by atoms with Gasteiger partial charge in [0.15, 0.2) is 0 Å². The van der Waals surface area contributed by atoms with Crippen LogP contribution in [0, 0.1) is 5.92 Å². The van der Waals surface area contributed by atoms with Gasteiger partial charge in [0.2, 0.25) is 0 Å². The number of rotatable bonds is 9. The fourth-order valence-electron chi connectivity index (χ4n) is 1.67. The van der Waals surface area contributed by atoms with Crippen LogP contribution in [-0.2, 0) is 11.3 Å². The van der Waals surface area contributed by atoms with E-state index in [1.165, 1.54) is 0 Å². The average molecular weight is 344 g/mol. The fraction of sp³-hybridized carbons (Fsp3) is 0.533. The summed E-state index contributed by atoms with van der Waals surface area (Å²) in [7, 11) is 0. The van der Waals surface area contributed by atoms with E-state index in [0.29, 0.717) is 18.0 Å². The van der Waals surface area contributed by atoms with Crippen LogP contribution in [0.25, 0.3) is 0 Å². The first-order chi connectivity index (χ1) is 9.50. The predicted octanol–water partition coefficient (Wildman–Crippen LogP) is 3.30. The number of carboxylic acid groups (broad SMARTS) is 1. The lowest BCUT2D eigenvalue weighted by atomic mass is 10.1. The van der Waals surface area contributed by atoms with Gasteiger partial charge in [-0.3, -0.25) is 0 Å². The number of carbonyl (C=O) groups is 1. The molecule has 2 N–H and O–H groups in total. The van der Waals surface area contributed by atoms with Crippen molar-refractivity contribution in [3.05, 3.63) is 33.8 Å². The third-order valence-electron chi connectivity index (χ3n) is 2.71. The molecule has 0 aliphatic heterocycles. The number of hydrogen-bond donors (Lipinski definition) is 2. The zero-order valence-corrected chi connectivity index (χ0v) is 13.6. The second-order valence-electron chi connectivity index (χ2n) is 5.11. The van der Waals surface area contributed by atoms with Gasteiger partial charge in [-0.2, -0.15) is 0 Å². The largest absolute Gasteiger partial charge is 0.478 e. The zero-order chi connectivity index (χ0) is 15.0. The van der Waals surface area contributed by atoms with E-state index in [-0.39, 0.29) is 0 Å². The third kappa shape index (κ3) is 6.50. The molecule has 112 valence electrons. The molecule has 0 heterocycles. The highest BCUT2D eigenvalue weighted by molar-refractivity contribution is 9.10. The molecule has 1 aromatic carbocycles. The van der Waals surface area contributed by atoms with Crippen molar-refractivity contribution in [3.63, 3.8) is 0 Å². The number of nitrogens with one attached hydrogen (secondary N) is 1. The van der Waals surface area contributed by atoms with E-state index in [9.17, 15) is 4.79 Å². The minimum absolute atomic E-state index is 0.294. The van der Waals surface area contributed by atoms with Crippen molar-refractivity contribution < 1.29 is 14.6 Å². The molecular formula is C15H22BrNO3.